The van der Waals surface area contributed by atoms with Crippen molar-refractivity contribution in [3.8, 4) is 5.75 Å². The van der Waals surface area contributed by atoms with Gasteiger partial charge in [-0.05, 0) is 41.8 Å². The summed E-state index contributed by atoms with van der Waals surface area (Å²) < 4.78 is 57.1. The van der Waals surface area contributed by atoms with Crippen LogP contribution in [-0.4, -0.2) is 29.1 Å². The normalized spacial score (nSPS) is 12.3. The molecule has 0 fully saturated rings. The van der Waals surface area contributed by atoms with Crippen LogP contribution in [0, 0.1) is 0 Å². The summed E-state index contributed by atoms with van der Waals surface area (Å²) in [5, 5.41) is 19.3. The molecule has 0 heterocycles. The standard InChI is InChI=1S/C23H20N4O6S2/c1-33-35(31,32)17-13-15-11-12-18(24)23(22(15)20(28)14-17)26-25-19-9-5-6-10-21(19)34(29,30)27-16-7-3-2-4-8-16/h2-14,27-28H,24H2,1H3. The van der Waals surface area contributed by atoms with Crippen molar-refractivity contribution in [3.05, 3.63) is 78.9 Å². The summed E-state index contributed by atoms with van der Waals surface area (Å²) in [5.74, 6) is -0.411. The molecule has 0 aliphatic heterocycles. The molecule has 0 unspecified atom stereocenters. The number of aromatic hydroxyl groups is 1. The van der Waals surface area contributed by atoms with Gasteiger partial charge in [0.15, 0.2) is 0 Å². The number of para-hydroxylation sites is 1. The zero-order valence-electron chi connectivity index (χ0n) is 18.3. The van der Waals surface area contributed by atoms with Crippen LogP contribution in [0.5, 0.6) is 5.75 Å². The van der Waals surface area contributed by atoms with E-state index in [4.69, 9.17) is 5.73 Å². The lowest BCUT2D eigenvalue weighted by Crippen LogP contribution is -2.12. The van der Waals surface area contributed by atoms with E-state index in [0.29, 0.717) is 11.1 Å². The molecule has 35 heavy (non-hydrogen) atoms. The molecular formula is C23H20N4O6S2. The Kier molecular flexibility index (Phi) is 6.43. The van der Waals surface area contributed by atoms with Crippen LogP contribution in [0.3, 0.4) is 0 Å². The van der Waals surface area contributed by atoms with Gasteiger partial charge in [0, 0.05) is 11.8 Å². The maximum Gasteiger partial charge on any atom is 0.296 e. The Bertz CT molecular complexity index is 1650. The number of sulfonamides is 1. The van der Waals surface area contributed by atoms with Crippen molar-refractivity contribution < 1.29 is 26.1 Å². The molecule has 0 aliphatic carbocycles. The second-order valence-electron chi connectivity index (χ2n) is 7.30. The quantitative estimate of drug-likeness (QED) is 0.184. The highest BCUT2D eigenvalue weighted by Gasteiger charge is 2.20. The van der Waals surface area contributed by atoms with Crippen molar-refractivity contribution in [1.29, 1.82) is 0 Å². The number of anilines is 2. The first-order valence-corrected chi connectivity index (χ1v) is 13.0. The maximum atomic E-state index is 13.0. The number of nitrogens with two attached hydrogens (primary N) is 1. The topological polar surface area (TPSA) is 161 Å². The Morgan fingerprint density at radius 3 is 2.29 bits per heavy atom. The summed E-state index contributed by atoms with van der Waals surface area (Å²) in [6, 6.07) is 19.7. The van der Waals surface area contributed by atoms with Gasteiger partial charge < -0.3 is 10.8 Å². The van der Waals surface area contributed by atoms with Crippen LogP contribution in [0.25, 0.3) is 10.8 Å². The van der Waals surface area contributed by atoms with E-state index in [1.807, 2.05) is 0 Å². The fourth-order valence-electron chi connectivity index (χ4n) is 3.35. The second kappa shape index (κ2) is 9.33. The first kappa shape index (κ1) is 24.1. The average molecular weight is 513 g/mol. The number of phenolic OH excluding ortho intramolecular Hbond substituents is 1. The van der Waals surface area contributed by atoms with Crippen molar-refractivity contribution >= 4 is 53.7 Å². The number of fused-ring (bicyclic) bond motifs is 1. The van der Waals surface area contributed by atoms with E-state index in [2.05, 4.69) is 19.1 Å². The number of nitrogens with one attached hydrogen (secondary N) is 1. The summed E-state index contributed by atoms with van der Waals surface area (Å²) in [4.78, 5) is -0.370. The summed E-state index contributed by atoms with van der Waals surface area (Å²) in [6.45, 7) is 0. The highest BCUT2D eigenvalue weighted by Crippen LogP contribution is 2.41. The smallest absolute Gasteiger partial charge is 0.296 e. The van der Waals surface area contributed by atoms with Crippen LogP contribution in [0.1, 0.15) is 0 Å². The highest BCUT2D eigenvalue weighted by molar-refractivity contribution is 7.92. The van der Waals surface area contributed by atoms with Crippen LogP contribution in [-0.2, 0) is 24.3 Å². The summed E-state index contributed by atoms with van der Waals surface area (Å²) >= 11 is 0. The monoisotopic (exact) mass is 512 g/mol. The lowest BCUT2D eigenvalue weighted by atomic mass is 10.1. The lowest BCUT2D eigenvalue weighted by Gasteiger charge is -2.11. The van der Waals surface area contributed by atoms with E-state index < -0.39 is 25.9 Å². The zero-order chi connectivity index (χ0) is 25.2. The highest BCUT2D eigenvalue weighted by atomic mass is 32.2. The van der Waals surface area contributed by atoms with Gasteiger partial charge >= 0.3 is 0 Å². The van der Waals surface area contributed by atoms with E-state index in [0.717, 1.165) is 13.2 Å². The van der Waals surface area contributed by atoms with Crippen LogP contribution in [0.4, 0.5) is 22.7 Å². The van der Waals surface area contributed by atoms with Crippen molar-refractivity contribution in [1.82, 2.24) is 0 Å². The average Bonchev–Trinajstić information content (AvgIpc) is 2.84. The third kappa shape index (κ3) is 4.94. The van der Waals surface area contributed by atoms with Crippen molar-refractivity contribution in [2.45, 2.75) is 9.79 Å². The van der Waals surface area contributed by atoms with Gasteiger partial charge in [0.1, 0.15) is 22.0 Å². The number of phenols is 1. The maximum absolute atomic E-state index is 13.0. The van der Waals surface area contributed by atoms with Crippen LogP contribution >= 0.6 is 0 Å². The molecule has 0 aromatic heterocycles. The molecule has 0 amide bonds. The van der Waals surface area contributed by atoms with Gasteiger partial charge in [-0.15, -0.1) is 10.2 Å². The molecule has 4 aromatic carbocycles. The van der Waals surface area contributed by atoms with Crippen molar-refractivity contribution in [3.63, 3.8) is 0 Å². The largest absolute Gasteiger partial charge is 0.507 e. The molecule has 0 aliphatic rings. The molecule has 0 spiro atoms. The van der Waals surface area contributed by atoms with Gasteiger partial charge in [-0.2, -0.15) is 8.42 Å². The van der Waals surface area contributed by atoms with Gasteiger partial charge in [0.2, 0.25) is 0 Å². The van der Waals surface area contributed by atoms with Gasteiger partial charge in [-0.25, -0.2) is 8.42 Å². The number of hydrogen-bond acceptors (Lipinski definition) is 9. The van der Waals surface area contributed by atoms with E-state index in [1.165, 1.54) is 30.3 Å². The van der Waals surface area contributed by atoms with Crippen molar-refractivity contribution in [2.75, 3.05) is 17.6 Å². The fraction of sp³-hybridized carbons (Fsp3) is 0.0435. The van der Waals surface area contributed by atoms with E-state index in [-0.39, 0.29) is 32.2 Å². The Morgan fingerprint density at radius 2 is 1.57 bits per heavy atom. The molecule has 4 rings (SSSR count). The van der Waals surface area contributed by atoms with Crippen molar-refractivity contribution in [2.24, 2.45) is 10.2 Å². The summed E-state index contributed by atoms with van der Waals surface area (Å²) in [5.41, 5.74) is 6.66. The summed E-state index contributed by atoms with van der Waals surface area (Å²) in [6.07, 6.45) is 0. The van der Waals surface area contributed by atoms with E-state index >= 15 is 0 Å². The van der Waals surface area contributed by atoms with Crippen LogP contribution < -0.4 is 10.5 Å². The van der Waals surface area contributed by atoms with Gasteiger partial charge in [0.05, 0.1) is 23.1 Å². The molecule has 0 bridgehead atoms. The minimum atomic E-state index is -4.06. The third-order valence-electron chi connectivity index (χ3n) is 5.02. The number of nitrogen functional groups attached to an aromatic ring is 1. The minimum absolute atomic E-state index is 0.0328. The number of benzene rings is 4. The SMILES string of the molecule is COS(=O)(=O)c1cc(O)c2c(N=Nc3ccccc3S(=O)(=O)Nc3ccccc3)c(N)ccc2c1. The second-order valence-corrected chi connectivity index (χ2v) is 10.7. The van der Waals surface area contributed by atoms with E-state index in [1.54, 1.807) is 42.5 Å². The molecule has 0 atom stereocenters. The molecule has 4 aromatic rings. The molecule has 12 heteroatoms. The fourth-order valence-corrected chi connectivity index (χ4v) is 5.27. The zero-order valence-corrected chi connectivity index (χ0v) is 19.9. The molecule has 0 saturated carbocycles. The lowest BCUT2D eigenvalue weighted by molar-refractivity contribution is 0.397. The van der Waals surface area contributed by atoms with Gasteiger partial charge in [-0.1, -0.05) is 36.4 Å². The van der Waals surface area contributed by atoms with Crippen LogP contribution in [0.2, 0.25) is 0 Å². The molecule has 180 valence electrons. The number of rotatable bonds is 7. The Hall–Kier alpha value is -4.00. The molecule has 0 radical (unpaired) electrons. The summed E-state index contributed by atoms with van der Waals surface area (Å²) in [7, 11) is -7.04. The Morgan fingerprint density at radius 1 is 0.886 bits per heavy atom. The first-order valence-electron chi connectivity index (χ1n) is 10.1. The van der Waals surface area contributed by atoms with Crippen LogP contribution in [0.15, 0.2) is 98.9 Å². The Labute approximate surface area is 201 Å². The molecular weight excluding hydrogens is 492 g/mol. The number of azo groups is 1. The Balaban J connectivity index is 1.79. The molecule has 4 N–H and O–H groups in total. The molecule has 10 nitrogen and oxygen atoms in total. The predicted octanol–water partition coefficient (Wildman–Crippen LogP) is 4.68. The van der Waals surface area contributed by atoms with Gasteiger partial charge in [0.25, 0.3) is 20.1 Å². The molecule has 0 saturated heterocycles. The predicted molar refractivity (Wildman–Crippen MR) is 132 cm³/mol. The van der Waals surface area contributed by atoms with Gasteiger partial charge in [-0.3, -0.25) is 8.91 Å². The van der Waals surface area contributed by atoms with E-state index in [9.17, 15) is 21.9 Å². The number of nitrogens with zero attached hydrogens (tertiary/aromatic N) is 2. The first-order chi connectivity index (χ1) is 16.6. The third-order valence-corrected chi connectivity index (χ3v) is 7.70. The minimum Gasteiger partial charge on any atom is -0.507 e. The number of hydrogen-bond donors (Lipinski definition) is 3.